The molecule has 3 aromatic rings. The van der Waals surface area contributed by atoms with E-state index in [4.69, 9.17) is 9.72 Å². The highest BCUT2D eigenvalue weighted by Gasteiger charge is 2.21. The molecule has 2 heterocycles. The lowest BCUT2D eigenvalue weighted by Gasteiger charge is -2.18. The molecule has 0 aliphatic rings. The maximum Gasteiger partial charge on any atom is 0.350 e. The molecule has 1 amide bonds. The van der Waals surface area contributed by atoms with Crippen LogP contribution in [0.2, 0.25) is 0 Å². The van der Waals surface area contributed by atoms with Crippen LogP contribution in [0.5, 0.6) is 0 Å². The molecule has 0 saturated carbocycles. The molecule has 0 saturated heterocycles. The lowest BCUT2D eigenvalue weighted by molar-refractivity contribution is -0.113. The van der Waals surface area contributed by atoms with Gasteiger partial charge in [-0.25, -0.2) is 19.7 Å². The fraction of sp³-hybridized carbons (Fsp3) is 0.350. The number of carbonyl (C=O) groups excluding carboxylic acids is 2. The summed E-state index contributed by atoms with van der Waals surface area (Å²) in [5.74, 6) is 0.214. The van der Waals surface area contributed by atoms with E-state index in [1.165, 1.54) is 18.9 Å². The summed E-state index contributed by atoms with van der Waals surface area (Å²) in [6, 6.07) is 7.77. The van der Waals surface area contributed by atoms with Crippen molar-refractivity contribution in [2.45, 2.75) is 38.1 Å². The number of benzene rings is 1. The molecule has 2 aromatic heterocycles. The van der Waals surface area contributed by atoms with Crippen molar-refractivity contribution < 1.29 is 14.3 Å². The first-order valence-corrected chi connectivity index (χ1v) is 10.7. The second-order valence-corrected chi connectivity index (χ2v) is 9.34. The first-order chi connectivity index (χ1) is 13.7. The number of esters is 1. The monoisotopic (exact) mass is 430 g/mol. The number of aryl methyl sites for hydroxylation is 1. The Labute approximate surface area is 177 Å². The molecule has 7 nitrogen and oxygen atoms in total. The van der Waals surface area contributed by atoms with Crippen LogP contribution in [0, 0.1) is 6.92 Å². The summed E-state index contributed by atoms with van der Waals surface area (Å²) >= 11 is 2.45. The Morgan fingerprint density at radius 2 is 1.90 bits per heavy atom. The Kier molecular flexibility index (Phi) is 6.18. The molecule has 0 bridgehead atoms. The van der Waals surface area contributed by atoms with Gasteiger partial charge in [-0.1, -0.05) is 62.1 Å². The molecule has 152 valence electrons. The number of hydrogen-bond acceptors (Lipinski definition) is 8. The highest BCUT2D eigenvalue weighted by atomic mass is 32.2. The highest BCUT2D eigenvalue weighted by Crippen LogP contribution is 2.29. The van der Waals surface area contributed by atoms with Gasteiger partial charge in [-0.2, -0.15) is 0 Å². The Morgan fingerprint density at radius 3 is 2.59 bits per heavy atom. The van der Waals surface area contributed by atoms with E-state index in [1.54, 1.807) is 6.92 Å². The van der Waals surface area contributed by atoms with Crippen molar-refractivity contribution in [1.82, 2.24) is 15.0 Å². The van der Waals surface area contributed by atoms with E-state index in [1.807, 2.05) is 24.3 Å². The molecule has 1 N–H and O–H groups in total. The fourth-order valence-electron chi connectivity index (χ4n) is 2.51. The molecule has 0 atom stereocenters. The first-order valence-electron chi connectivity index (χ1n) is 8.94. The number of fused-ring (bicyclic) bond motifs is 1. The van der Waals surface area contributed by atoms with E-state index < -0.39 is 5.97 Å². The van der Waals surface area contributed by atoms with Gasteiger partial charge >= 0.3 is 5.97 Å². The zero-order chi connectivity index (χ0) is 21.2. The number of thiazole rings is 1. The number of nitrogens with one attached hydrogen (secondary N) is 1. The summed E-state index contributed by atoms with van der Waals surface area (Å²) in [5.41, 5.74) is 1.18. The predicted octanol–water partition coefficient (Wildman–Crippen LogP) is 4.21. The van der Waals surface area contributed by atoms with Gasteiger partial charge in [0.2, 0.25) is 5.91 Å². The number of nitrogens with zero attached hydrogens (tertiary/aromatic N) is 3. The number of para-hydroxylation sites is 1. The summed E-state index contributed by atoms with van der Waals surface area (Å²) < 4.78 is 4.72. The molecule has 0 fully saturated rings. The highest BCUT2D eigenvalue weighted by molar-refractivity contribution is 8.00. The van der Waals surface area contributed by atoms with Gasteiger partial charge in [0.15, 0.2) is 5.13 Å². The minimum Gasteiger partial charge on any atom is -0.465 e. The van der Waals surface area contributed by atoms with Crippen molar-refractivity contribution in [2.75, 3.05) is 18.2 Å². The summed E-state index contributed by atoms with van der Waals surface area (Å²) in [5, 5.41) is 4.79. The zero-order valence-electron chi connectivity index (χ0n) is 16.9. The number of anilines is 1. The number of hydrogen-bond donors (Lipinski definition) is 1. The lowest BCUT2D eigenvalue weighted by Crippen LogP contribution is -2.17. The maximum atomic E-state index is 12.4. The van der Waals surface area contributed by atoms with Crippen molar-refractivity contribution in [1.29, 1.82) is 0 Å². The molecular weight excluding hydrogens is 408 g/mol. The molecular formula is C20H22N4O3S2. The zero-order valence-corrected chi connectivity index (χ0v) is 18.5. The van der Waals surface area contributed by atoms with E-state index in [2.05, 4.69) is 36.1 Å². The number of methoxy groups -OCH3 is 1. The number of thioether (sulfide) groups is 1. The van der Waals surface area contributed by atoms with Crippen molar-refractivity contribution in [3.63, 3.8) is 0 Å². The largest absolute Gasteiger partial charge is 0.465 e. The minimum atomic E-state index is -0.461. The number of ether oxygens (including phenoxy) is 1. The smallest absolute Gasteiger partial charge is 0.350 e. The molecule has 1 aromatic carbocycles. The van der Waals surface area contributed by atoms with Gasteiger partial charge in [-0.05, 0) is 13.0 Å². The van der Waals surface area contributed by atoms with Crippen LogP contribution < -0.4 is 5.32 Å². The molecule has 9 heteroatoms. The third kappa shape index (κ3) is 4.91. The van der Waals surface area contributed by atoms with Gasteiger partial charge < -0.3 is 10.1 Å². The molecule has 29 heavy (non-hydrogen) atoms. The molecule has 0 radical (unpaired) electrons. The summed E-state index contributed by atoms with van der Waals surface area (Å²) in [6.45, 7) is 7.88. The van der Waals surface area contributed by atoms with Crippen molar-refractivity contribution in [2.24, 2.45) is 0 Å². The number of amides is 1. The predicted molar refractivity (Wildman–Crippen MR) is 116 cm³/mol. The van der Waals surface area contributed by atoms with Crippen molar-refractivity contribution in [3.05, 3.63) is 40.7 Å². The number of rotatable bonds is 5. The number of carbonyl (C=O) groups is 2. The standard InChI is InChI=1S/C20H22N4O3S2/c1-11-15(17(26)27-5)29-19(21-11)23-14(25)10-28-16-12-8-6-7-9-13(12)22-18(24-16)20(2,3)4/h6-9H,10H2,1-5H3,(H,21,23,25). The topological polar surface area (TPSA) is 94.1 Å². The van der Waals surface area contributed by atoms with Crippen molar-refractivity contribution >= 4 is 51.0 Å². The average molecular weight is 431 g/mol. The van der Waals surface area contributed by atoms with E-state index >= 15 is 0 Å². The van der Waals surface area contributed by atoms with Crippen LogP contribution in [-0.2, 0) is 14.9 Å². The van der Waals surface area contributed by atoms with E-state index in [0.717, 1.165) is 33.1 Å². The van der Waals surface area contributed by atoms with Gasteiger partial charge in [0.25, 0.3) is 0 Å². The lowest BCUT2D eigenvalue weighted by atomic mass is 9.95. The Morgan fingerprint density at radius 1 is 1.17 bits per heavy atom. The van der Waals surface area contributed by atoms with E-state index in [0.29, 0.717) is 15.7 Å². The van der Waals surface area contributed by atoms with Crippen LogP contribution in [0.3, 0.4) is 0 Å². The Balaban J connectivity index is 1.77. The Bertz CT molecular complexity index is 1070. The van der Waals surface area contributed by atoms with Crippen LogP contribution in [0.15, 0.2) is 29.3 Å². The molecule has 3 rings (SSSR count). The second-order valence-electron chi connectivity index (χ2n) is 7.38. The quantitative estimate of drug-likeness (QED) is 0.368. The third-order valence-corrected chi connectivity index (χ3v) is 6.04. The second kappa shape index (κ2) is 8.46. The minimum absolute atomic E-state index is 0.163. The van der Waals surface area contributed by atoms with Gasteiger partial charge in [-0.15, -0.1) is 0 Å². The van der Waals surface area contributed by atoms with E-state index in [9.17, 15) is 9.59 Å². The summed E-state index contributed by atoms with van der Waals surface area (Å²) in [4.78, 5) is 38.1. The summed E-state index contributed by atoms with van der Waals surface area (Å²) in [6.07, 6.45) is 0. The van der Waals surface area contributed by atoms with Crippen LogP contribution >= 0.6 is 23.1 Å². The van der Waals surface area contributed by atoms with Gasteiger partial charge in [0.1, 0.15) is 15.7 Å². The maximum absolute atomic E-state index is 12.4. The summed E-state index contributed by atoms with van der Waals surface area (Å²) in [7, 11) is 1.31. The van der Waals surface area contributed by atoms with Crippen LogP contribution in [0.4, 0.5) is 5.13 Å². The first kappa shape index (κ1) is 21.2. The average Bonchev–Trinajstić information content (AvgIpc) is 3.04. The fourth-order valence-corrected chi connectivity index (χ4v) is 4.23. The SMILES string of the molecule is COC(=O)c1sc(NC(=O)CSc2nc(C(C)(C)C)nc3ccccc23)nc1C. The van der Waals surface area contributed by atoms with Crippen molar-refractivity contribution in [3.8, 4) is 0 Å². The molecule has 0 spiro atoms. The van der Waals surface area contributed by atoms with E-state index in [-0.39, 0.29) is 17.1 Å². The normalized spacial score (nSPS) is 11.5. The van der Waals surface area contributed by atoms with Gasteiger partial charge in [-0.3, -0.25) is 4.79 Å². The van der Waals surface area contributed by atoms with Crippen LogP contribution in [0.25, 0.3) is 10.9 Å². The van der Waals surface area contributed by atoms with Crippen LogP contribution in [-0.4, -0.2) is 39.7 Å². The Hall–Kier alpha value is -2.52. The molecule has 0 unspecified atom stereocenters. The molecule has 0 aliphatic carbocycles. The number of aromatic nitrogens is 3. The molecule has 0 aliphatic heterocycles. The van der Waals surface area contributed by atoms with Gasteiger partial charge in [0.05, 0.1) is 24.1 Å². The van der Waals surface area contributed by atoms with Gasteiger partial charge in [0, 0.05) is 10.8 Å². The third-order valence-electron chi connectivity index (χ3n) is 3.99. The van der Waals surface area contributed by atoms with Crippen LogP contribution in [0.1, 0.15) is 42.0 Å².